The lowest BCUT2D eigenvalue weighted by Gasteiger charge is -2.09. The number of H-pyrrole nitrogens is 1. The fourth-order valence-electron chi connectivity index (χ4n) is 2.00. The molecule has 3 aromatic rings. The fraction of sp³-hybridized carbons (Fsp3) is 0. The van der Waals surface area contributed by atoms with Crippen LogP contribution in [0, 0.1) is 4.77 Å². The molecule has 0 amide bonds. The molecule has 0 aliphatic rings. The third-order valence-electron chi connectivity index (χ3n) is 2.98. The van der Waals surface area contributed by atoms with Crippen LogP contribution < -0.4 is 0 Å². The van der Waals surface area contributed by atoms with Crippen LogP contribution in [0.4, 0.5) is 0 Å². The third-order valence-corrected chi connectivity index (χ3v) is 3.99. The molecule has 0 aliphatic heterocycles. The van der Waals surface area contributed by atoms with E-state index in [1.165, 1.54) is 0 Å². The zero-order chi connectivity index (χ0) is 15.0. The van der Waals surface area contributed by atoms with Crippen LogP contribution in [0.2, 0.25) is 10.0 Å². The molecule has 4 nitrogen and oxygen atoms in total. The lowest BCUT2D eigenvalue weighted by molar-refractivity contribution is 0.476. The van der Waals surface area contributed by atoms with Gasteiger partial charge in [-0.1, -0.05) is 35.3 Å². The second-order valence-electron chi connectivity index (χ2n) is 4.30. The van der Waals surface area contributed by atoms with Gasteiger partial charge in [-0.3, -0.25) is 9.67 Å². The summed E-state index contributed by atoms with van der Waals surface area (Å²) < 4.78 is 2.08. The van der Waals surface area contributed by atoms with Gasteiger partial charge in [-0.15, -0.1) is 0 Å². The number of hydrogen-bond donors (Lipinski definition) is 2. The SMILES string of the molecule is Oc1ccccc1-c1n[nH]c(=S)n1-c1ccc(Cl)c(Cl)c1. The van der Waals surface area contributed by atoms with Crippen molar-refractivity contribution in [3.05, 3.63) is 57.3 Å². The summed E-state index contributed by atoms with van der Waals surface area (Å²) in [6.07, 6.45) is 0. The molecule has 0 atom stereocenters. The maximum absolute atomic E-state index is 9.99. The number of aromatic amines is 1. The van der Waals surface area contributed by atoms with Crippen LogP contribution in [-0.4, -0.2) is 19.9 Å². The molecule has 2 aromatic carbocycles. The van der Waals surface area contributed by atoms with Crippen LogP contribution in [0.15, 0.2) is 42.5 Å². The smallest absolute Gasteiger partial charge is 0.200 e. The number of phenols is 1. The predicted octanol–water partition coefficient (Wildman–Crippen LogP) is 4.61. The molecule has 7 heteroatoms. The van der Waals surface area contributed by atoms with Gasteiger partial charge in [0, 0.05) is 0 Å². The molecule has 0 spiro atoms. The van der Waals surface area contributed by atoms with Crippen molar-refractivity contribution in [2.24, 2.45) is 0 Å². The highest BCUT2D eigenvalue weighted by atomic mass is 35.5. The Morgan fingerprint density at radius 3 is 2.57 bits per heavy atom. The van der Waals surface area contributed by atoms with Crippen molar-refractivity contribution in [1.29, 1.82) is 0 Å². The van der Waals surface area contributed by atoms with Crippen molar-refractivity contribution in [2.45, 2.75) is 0 Å². The maximum atomic E-state index is 9.99. The van der Waals surface area contributed by atoms with Gasteiger partial charge in [-0.05, 0) is 42.5 Å². The normalized spacial score (nSPS) is 10.8. The molecule has 0 radical (unpaired) electrons. The first-order valence-electron chi connectivity index (χ1n) is 5.99. The van der Waals surface area contributed by atoms with Crippen molar-refractivity contribution in [1.82, 2.24) is 14.8 Å². The van der Waals surface area contributed by atoms with Crippen molar-refractivity contribution < 1.29 is 5.11 Å². The van der Waals surface area contributed by atoms with Gasteiger partial charge in [-0.25, -0.2) is 0 Å². The average Bonchev–Trinajstić information content (AvgIpc) is 2.84. The van der Waals surface area contributed by atoms with E-state index in [1.807, 2.05) is 6.07 Å². The molecule has 106 valence electrons. The minimum Gasteiger partial charge on any atom is -0.507 e. The quantitative estimate of drug-likeness (QED) is 0.671. The predicted molar refractivity (Wildman–Crippen MR) is 85.9 cm³/mol. The van der Waals surface area contributed by atoms with Crippen LogP contribution in [0.5, 0.6) is 5.75 Å². The van der Waals surface area contributed by atoms with Gasteiger partial charge in [0.2, 0.25) is 0 Å². The van der Waals surface area contributed by atoms with E-state index in [0.29, 0.717) is 31.9 Å². The summed E-state index contributed by atoms with van der Waals surface area (Å²) in [6.45, 7) is 0. The molecule has 0 saturated heterocycles. The highest BCUT2D eigenvalue weighted by Gasteiger charge is 2.14. The Morgan fingerprint density at radius 2 is 1.86 bits per heavy atom. The molecular weight excluding hydrogens is 329 g/mol. The number of benzene rings is 2. The second-order valence-corrected chi connectivity index (χ2v) is 5.50. The zero-order valence-electron chi connectivity index (χ0n) is 10.5. The van der Waals surface area contributed by atoms with Gasteiger partial charge < -0.3 is 5.11 Å². The average molecular weight is 338 g/mol. The summed E-state index contributed by atoms with van der Waals surface area (Å²) in [4.78, 5) is 0. The monoisotopic (exact) mass is 337 g/mol. The topological polar surface area (TPSA) is 53.8 Å². The molecule has 0 saturated carbocycles. The molecule has 21 heavy (non-hydrogen) atoms. The molecule has 0 unspecified atom stereocenters. The van der Waals surface area contributed by atoms with Gasteiger partial charge in [0.15, 0.2) is 10.6 Å². The van der Waals surface area contributed by atoms with E-state index in [0.717, 1.165) is 0 Å². The van der Waals surface area contributed by atoms with Crippen LogP contribution in [0.3, 0.4) is 0 Å². The highest BCUT2D eigenvalue weighted by molar-refractivity contribution is 7.71. The van der Waals surface area contributed by atoms with E-state index in [-0.39, 0.29) is 5.75 Å². The summed E-state index contributed by atoms with van der Waals surface area (Å²) in [7, 11) is 0. The van der Waals surface area contributed by atoms with E-state index in [4.69, 9.17) is 35.4 Å². The number of aromatic nitrogens is 3. The number of aromatic hydroxyl groups is 1. The summed E-state index contributed by atoms with van der Waals surface area (Å²) >= 11 is 17.2. The number of halogens is 2. The van der Waals surface area contributed by atoms with Gasteiger partial charge in [0.25, 0.3) is 0 Å². The Kier molecular flexibility index (Phi) is 3.71. The molecule has 3 rings (SSSR count). The summed E-state index contributed by atoms with van der Waals surface area (Å²) in [5.41, 5.74) is 1.28. The first-order chi connectivity index (χ1) is 10.1. The van der Waals surface area contributed by atoms with Crippen LogP contribution in [0.25, 0.3) is 17.1 Å². The van der Waals surface area contributed by atoms with E-state index in [1.54, 1.807) is 41.0 Å². The highest BCUT2D eigenvalue weighted by Crippen LogP contribution is 2.31. The van der Waals surface area contributed by atoms with E-state index >= 15 is 0 Å². The lowest BCUT2D eigenvalue weighted by Crippen LogP contribution is -1.98. The molecule has 1 heterocycles. The Morgan fingerprint density at radius 1 is 1.10 bits per heavy atom. The standard InChI is InChI=1S/C14H9Cl2N3OS/c15-10-6-5-8(7-11(10)16)19-13(17-18-14(19)21)9-3-1-2-4-12(9)20/h1-7,20H,(H,18,21). The summed E-state index contributed by atoms with van der Waals surface area (Å²) in [5, 5.41) is 17.8. The Hall–Kier alpha value is -1.82. The number of para-hydroxylation sites is 1. The van der Waals surface area contributed by atoms with Crippen LogP contribution >= 0.6 is 35.4 Å². The molecule has 0 bridgehead atoms. The second kappa shape index (κ2) is 5.52. The van der Waals surface area contributed by atoms with Gasteiger partial charge in [0.05, 0.1) is 21.3 Å². The van der Waals surface area contributed by atoms with Gasteiger partial charge in [-0.2, -0.15) is 5.10 Å². The van der Waals surface area contributed by atoms with Crippen LogP contribution in [0.1, 0.15) is 0 Å². The maximum Gasteiger partial charge on any atom is 0.200 e. The van der Waals surface area contributed by atoms with Gasteiger partial charge >= 0.3 is 0 Å². The Labute approximate surface area is 135 Å². The summed E-state index contributed by atoms with van der Waals surface area (Å²) in [5.74, 6) is 0.615. The molecule has 0 fully saturated rings. The van der Waals surface area contributed by atoms with Crippen molar-refractivity contribution in [3.8, 4) is 22.8 Å². The Bertz CT molecular complexity index is 873. The number of nitrogens with zero attached hydrogens (tertiary/aromatic N) is 2. The molecule has 2 N–H and O–H groups in total. The molecule has 0 aliphatic carbocycles. The summed E-state index contributed by atoms with van der Waals surface area (Å²) in [6, 6.07) is 12.1. The van der Waals surface area contributed by atoms with Crippen molar-refractivity contribution >= 4 is 35.4 Å². The number of nitrogens with one attached hydrogen (secondary N) is 1. The molecule has 1 aromatic heterocycles. The van der Waals surface area contributed by atoms with E-state index in [2.05, 4.69) is 10.2 Å². The van der Waals surface area contributed by atoms with Crippen LogP contribution in [-0.2, 0) is 0 Å². The first-order valence-corrected chi connectivity index (χ1v) is 7.15. The number of rotatable bonds is 2. The molecular formula is C14H9Cl2N3OS. The minimum atomic E-state index is 0.118. The van der Waals surface area contributed by atoms with Gasteiger partial charge in [0.1, 0.15) is 5.75 Å². The van der Waals surface area contributed by atoms with Crippen molar-refractivity contribution in [3.63, 3.8) is 0 Å². The fourth-order valence-corrected chi connectivity index (χ4v) is 2.53. The third kappa shape index (κ3) is 2.55. The number of phenolic OH excluding ortho intramolecular Hbond substituents is 1. The van der Waals surface area contributed by atoms with E-state index < -0.39 is 0 Å². The first kappa shape index (κ1) is 14.1. The van der Waals surface area contributed by atoms with E-state index in [9.17, 15) is 5.11 Å². The minimum absolute atomic E-state index is 0.118. The lowest BCUT2D eigenvalue weighted by atomic mass is 10.2. The zero-order valence-corrected chi connectivity index (χ0v) is 12.9. The largest absolute Gasteiger partial charge is 0.507 e. The van der Waals surface area contributed by atoms with Crippen molar-refractivity contribution in [2.75, 3.05) is 0 Å². The Balaban J connectivity index is 2.25. The number of hydrogen-bond acceptors (Lipinski definition) is 3.